The van der Waals surface area contributed by atoms with Gasteiger partial charge < -0.3 is 5.32 Å². The third-order valence-corrected chi connectivity index (χ3v) is 5.35. The minimum absolute atomic E-state index is 0.135. The first-order chi connectivity index (χ1) is 7.02. The Bertz CT molecular complexity index is 320. The first kappa shape index (κ1) is 11.4. The summed E-state index contributed by atoms with van der Waals surface area (Å²) in [7, 11) is -2.92. The number of sulfonamides is 1. The number of nitrogens with zero attached hydrogens (tertiary/aromatic N) is 1. The number of nitrogens with one attached hydrogen (secondary N) is 1. The molecule has 2 saturated heterocycles. The third-order valence-electron chi connectivity index (χ3n) is 3.45. The summed E-state index contributed by atoms with van der Waals surface area (Å²) in [5, 5.41) is 3.36. The highest BCUT2D eigenvalue weighted by Gasteiger charge is 2.36. The molecule has 4 nitrogen and oxygen atoms in total. The minimum Gasteiger partial charge on any atom is -0.316 e. The van der Waals surface area contributed by atoms with Crippen LogP contribution in [0.2, 0.25) is 0 Å². The molecule has 2 aliphatic heterocycles. The minimum atomic E-state index is -2.92. The van der Waals surface area contributed by atoms with E-state index in [1.54, 1.807) is 4.31 Å². The maximum Gasteiger partial charge on any atom is 0.214 e. The molecule has 2 fully saturated rings. The molecule has 0 aromatic carbocycles. The summed E-state index contributed by atoms with van der Waals surface area (Å²) in [6.07, 6.45) is 3.09. The van der Waals surface area contributed by atoms with Gasteiger partial charge >= 0.3 is 0 Å². The van der Waals surface area contributed by atoms with Crippen molar-refractivity contribution in [1.82, 2.24) is 9.62 Å². The average molecular weight is 232 g/mol. The van der Waals surface area contributed by atoms with Gasteiger partial charge in [0, 0.05) is 19.6 Å². The molecule has 0 spiro atoms. The molecular formula is C10H20N2O2S. The van der Waals surface area contributed by atoms with E-state index in [4.69, 9.17) is 0 Å². The van der Waals surface area contributed by atoms with Crippen LogP contribution in [0, 0.1) is 5.41 Å². The Morgan fingerprint density at radius 3 is 2.73 bits per heavy atom. The third kappa shape index (κ3) is 2.52. The fraction of sp³-hybridized carbons (Fsp3) is 1.00. The van der Waals surface area contributed by atoms with E-state index in [9.17, 15) is 8.42 Å². The topological polar surface area (TPSA) is 49.4 Å². The van der Waals surface area contributed by atoms with Crippen LogP contribution in [-0.2, 0) is 10.0 Å². The number of hydrogen-bond donors (Lipinski definition) is 1. The van der Waals surface area contributed by atoms with Crippen molar-refractivity contribution >= 4 is 10.0 Å². The fourth-order valence-electron chi connectivity index (χ4n) is 2.55. The SMILES string of the molecule is CC1(CN2CCCS2(=O)=O)CCCNC1. The van der Waals surface area contributed by atoms with Gasteiger partial charge in [-0.2, -0.15) is 0 Å². The molecule has 5 heteroatoms. The molecule has 1 unspecified atom stereocenters. The average Bonchev–Trinajstić information content (AvgIpc) is 2.46. The summed E-state index contributed by atoms with van der Waals surface area (Å²) in [6.45, 7) is 5.62. The van der Waals surface area contributed by atoms with Gasteiger partial charge in [0.25, 0.3) is 0 Å². The quantitative estimate of drug-likeness (QED) is 0.750. The Balaban J connectivity index is 2.01. The highest BCUT2D eigenvalue weighted by atomic mass is 32.2. The molecule has 2 aliphatic rings. The second-order valence-corrected chi connectivity index (χ2v) is 7.18. The van der Waals surface area contributed by atoms with Crippen molar-refractivity contribution in [2.75, 3.05) is 31.9 Å². The van der Waals surface area contributed by atoms with Gasteiger partial charge in [-0.15, -0.1) is 0 Å². The number of piperidine rings is 1. The summed E-state index contributed by atoms with van der Waals surface area (Å²) in [5.41, 5.74) is 0.135. The van der Waals surface area contributed by atoms with E-state index in [0.717, 1.165) is 38.9 Å². The first-order valence-corrected chi connectivity index (χ1v) is 7.31. The van der Waals surface area contributed by atoms with E-state index in [0.29, 0.717) is 12.3 Å². The molecule has 1 N–H and O–H groups in total. The van der Waals surface area contributed by atoms with Crippen LogP contribution in [0.15, 0.2) is 0 Å². The second kappa shape index (κ2) is 4.03. The molecule has 0 aromatic heterocycles. The number of rotatable bonds is 2. The smallest absolute Gasteiger partial charge is 0.214 e. The lowest BCUT2D eigenvalue weighted by Gasteiger charge is -2.36. The zero-order valence-electron chi connectivity index (χ0n) is 9.33. The van der Waals surface area contributed by atoms with Gasteiger partial charge in [-0.1, -0.05) is 6.92 Å². The summed E-state index contributed by atoms with van der Waals surface area (Å²) in [5.74, 6) is 0.344. The largest absolute Gasteiger partial charge is 0.316 e. The van der Waals surface area contributed by atoms with E-state index < -0.39 is 10.0 Å². The van der Waals surface area contributed by atoms with E-state index in [2.05, 4.69) is 12.2 Å². The predicted molar refractivity (Wildman–Crippen MR) is 60.2 cm³/mol. The van der Waals surface area contributed by atoms with Gasteiger partial charge in [0.15, 0.2) is 0 Å². The van der Waals surface area contributed by atoms with Crippen LogP contribution in [0.1, 0.15) is 26.2 Å². The predicted octanol–water partition coefficient (Wildman–Crippen LogP) is 0.412. The van der Waals surface area contributed by atoms with E-state index in [-0.39, 0.29) is 5.41 Å². The van der Waals surface area contributed by atoms with Crippen molar-refractivity contribution in [1.29, 1.82) is 0 Å². The van der Waals surface area contributed by atoms with Crippen molar-refractivity contribution in [3.8, 4) is 0 Å². The molecule has 0 radical (unpaired) electrons. The Morgan fingerprint density at radius 1 is 1.40 bits per heavy atom. The summed E-state index contributed by atoms with van der Waals surface area (Å²) >= 11 is 0. The van der Waals surface area contributed by atoms with Crippen molar-refractivity contribution in [2.24, 2.45) is 5.41 Å². The molecule has 2 heterocycles. The molecule has 2 rings (SSSR count). The Hall–Kier alpha value is -0.130. The van der Waals surface area contributed by atoms with Crippen LogP contribution in [0.4, 0.5) is 0 Å². The first-order valence-electron chi connectivity index (χ1n) is 5.70. The van der Waals surface area contributed by atoms with Gasteiger partial charge in [-0.3, -0.25) is 0 Å². The lowest BCUT2D eigenvalue weighted by Crippen LogP contribution is -2.46. The van der Waals surface area contributed by atoms with Crippen LogP contribution in [0.3, 0.4) is 0 Å². The molecule has 15 heavy (non-hydrogen) atoms. The second-order valence-electron chi connectivity index (χ2n) is 5.09. The van der Waals surface area contributed by atoms with Crippen LogP contribution < -0.4 is 5.32 Å². The summed E-state index contributed by atoms with van der Waals surface area (Å²) in [4.78, 5) is 0. The Morgan fingerprint density at radius 2 is 2.20 bits per heavy atom. The molecule has 0 amide bonds. The lowest BCUT2D eigenvalue weighted by molar-refractivity contribution is 0.189. The van der Waals surface area contributed by atoms with Crippen LogP contribution >= 0.6 is 0 Å². The highest BCUT2D eigenvalue weighted by molar-refractivity contribution is 7.89. The van der Waals surface area contributed by atoms with Crippen LogP contribution in [-0.4, -0.2) is 44.7 Å². The van der Waals surface area contributed by atoms with Gasteiger partial charge in [0.1, 0.15) is 0 Å². The molecule has 0 aliphatic carbocycles. The van der Waals surface area contributed by atoms with Gasteiger partial charge in [-0.05, 0) is 31.2 Å². The highest BCUT2D eigenvalue weighted by Crippen LogP contribution is 2.29. The van der Waals surface area contributed by atoms with Crippen molar-refractivity contribution in [3.63, 3.8) is 0 Å². The molecule has 0 aromatic rings. The molecule has 0 bridgehead atoms. The molecule has 88 valence electrons. The Kier molecular flexibility index (Phi) is 3.05. The zero-order chi connectivity index (χ0) is 10.9. The Labute approximate surface area is 92.1 Å². The van der Waals surface area contributed by atoms with E-state index in [1.807, 2.05) is 0 Å². The van der Waals surface area contributed by atoms with Crippen molar-refractivity contribution in [2.45, 2.75) is 26.2 Å². The van der Waals surface area contributed by atoms with Crippen molar-refractivity contribution in [3.05, 3.63) is 0 Å². The molecular weight excluding hydrogens is 212 g/mol. The summed E-state index contributed by atoms with van der Waals surface area (Å²) in [6, 6.07) is 0. The standard InChI is InChI=1S/C10H20N2O2S/c1-10(4-2-5-11-8-10)9-12-6-3-7-15(12,13)14/h11H,2-9H2,1H3. The van der Waals surface area contributed by atoms with Gasteiger partial charge in [0.05, 0.1) is 5.75 Å². The zero-order valence-corrected chi connectivity index (χ0v) is 10.1. The van der Waals surface area contributed by atoms with E-state index >= 15 is 0 Å². The maximum absolute atomic E-state index is 11.7. The van der Waals surface area contributed by atoms with Gasteiger partial charge in [0.2, 0.25) is 10.0 Å². The monoisotopic (exact) mass is 232 g/mol. The summed E-state index contributed by atoms with van der Waals surface area (Å²) < 4.78 is 25.0. The fourth-order valence-corrected chi connectivity index (χ4v) is 4.22. The maximum atomic E-state index is 11.7. The van der Waals surface area contributed by atoms with E-state index in [1.165, 1.54) is 0 Å². The van der Waals surface area contributed by atoms with Crippen LogP contribution in [0.25, 0.3) is 0 Å². The van der Waals surface area contributed by atoms with Gasteiger partial charge in [-0.25, -0.2) is 12.7 Å². The van der Waals surface area contributed by atoms with Crippen molar-refractivity contribution < 1.29 is 8.42 Å². The number of hydrogen-bond acceptors (Lipinski definition) is 3. The molecule has 0 saturated carbocycles. The lowest BCUT2D eigenvalue weighted by atomic mass is 9.83. The molecule has 1 atom stereocenters. The van der Waals surface area contributed by atoms with Crippen LogP contribution in [0.5, 0.6) is 0 Å². The normalized spacial score (nSPS) is 36.9.